The van der Waals surface area contributed by atoms with Gasteiger partial charge in [-0.3, -0.25) is 0 Å². The summed E-state index contributed by atoms with van der Waals surface area (Å²) >= 11 is 5.14. The van der Waals surface area contributed by atoms with Crippen molar-refractivity contribution in [1.82, 2.24) is 10.2 Å². The van der Waals surface area contributed by atoms with Gasteiger partial charge in [-0.15, -0.1) is 0 Å². The molecule has 2 N–H and O–H groups in total. The SMILES string of the molecule is CN1CCC2(CC1)C(C#N)=C(O)NC(=S)C2C#N. The van der Waals surface area contributed by atoms with E-state index in [2.05, 4.69) is 22.4 Å². The van der Waals surface area contributed by atoms with Crippen molar-refractivity contribution in [2.75, 3.05) is 20.1 Å². The zero-order valence-corrected chi connectivity index (χ0v) is 10.9. The molecule has 2 heterocycles. The minimum Gasteiger partial charge on any atom is -0.494 e. The summed E-state index contributed by atoms with van der Waals surface area (Å²) in [6.07, 6.45) is 1.33. The van der Waals surface area contributed by atoms with E-state index < -0.39 is 11.3 Å². The first-order valence-corrected chi connectivity index (χ1v) is 6.19. The summed E-state index contributed by atoms with van der Waals surface area (Å²) in [6.45, 7) is 1.58. The van der Waals surface area contributed by atoms with Crippen LogP contribution in [-0.2, 0) is 0 Å². The lowest BCUT2D eigenvalue weighted by atomic mass is 9.63. The molecule has 0 saturated carbocycles. The Morgan fingerprint density at radius 3 is 2.56 bits per heavy atom. The van der Waals surface area contributed by atoms with Crippen molar-refractivity contribution in [2.45, 2.75) is 12.8 Å². The van der Waals surface area contributed by atoms with Gasteiger partial charge in [-0.2, -0.15) is 10.5 Å². The van der Waals surface area contributed by atoms with Crippen molar-refractivity contribution >= 4 is 17.2 Å². The van der Waals surface area contributed by atoms with Crippen molar-refractivity contribution in [3.8, 4) is 12.1 Å². The zero-order valence-electron chi connectivity index (χ0n) is 10.1. The summed E-state index contributed by atoms with van der Waals surface area (Å²) in [5, 5.41) is 31.1. The third-order valence-corrected chi connectivity index (χ3v) is 4.25. The van der Waals surface area contributed by atoms with Crippen LogP contribution in [0.1, 0.15) is 12.8 Å². The molecule has 5 nitrogen and oxygen atoms in total. The van der Waals surface area contributed by atoms with Gasteiger partial charge in [0.1, 0.15) is 17.0 Å². The minimum atomic E-state index is -0.623. The van der Waals surface area contributed by atoms with Crippen molar-refractivity contribution in [1.29, 1.82) is 10.5 Å². The zero-order chi connectivity index (χ0) is 13.3. The Bertz CT molecular complexity index is 491. The minimum absolute atomic E-state index is 0.182. The third-order valence-electron chi connectivity index (χ3n) is 3.91. The molecule has 1 unspecified atom stereocenters. The number of piperidine rings is 1. The predicted octanol–water partition coefficient (Wildman–Crippen LogP) is 1.06. The largest absolute Gasteiger partial charge is 0.494 e. The van der Waals surface area contributed by atoms with Gasteiger partial charge in [-0.1, -0.05) is 12.2 Å². The molecular weight excluding hydrogens is 248 g/mol. The summed E-state index contributed by atoms with van der Waals surface area (Å²) in [7, 11) is 2.00. The molecule has 1 saturated heterocycles. The van der Waals surface area contributed by atoms with Gasteiger partial charge in [0.25, 0.3) is 0 Å². The Morgan fingerprint density at radius 2 is 2.06 bits per heavy atom. The Morgan fingerprint density at radius 1 is 1.44 bits per heavy atom. The lowest BCUT2D eigenvalue weighted by molar-refractivity contribution is 0.131. The standard InChI is InChI=1S/C12H14N4OS/c1-16-4-2-12(3-5-16)8(6-13)10(17)15-11(18)9(12)7-14/h9,17H,2-5H2,1H3,(H,15,18). The average Bonchev–Trinajstić information content (AvgIpc) is 2.33. The molecule has 94 valence electrons. The van der Waals surface area contributed by atoms with Crippen molar-refractivity contribution in [3.63, 3.8) is 0 Å². The smallest absolute Gasteiger partial charge is 0.203 e. The van der Waals surface area contributed by atoms with E-state index in [0.29, 0.717) is 17.8 Å². The number of rotatable bonds is 0. The van der Waals surface area contributed by atoms with Gasteiger partial charge < -0.3 is 15.3 Å². The molecule has 2 aliphatic heterocycles. The van der Waals surface area contributed by atoms with E-state index >= 15 is 0 Å². The molecule has 2 rings (SSSR count). The van der Waals surface area contributed by atoms with Crippen LogP contribution in [-0.4, -0.2) is 35.1 Å². The summed E-state index contributed by atoms with van der Waals surface area (Å²) in [5.74, 6) is -0.717. The van der Waals surface area contributed by atoms with Gasteiger partial charge >= 0.3 is 0 Å². The molecule has 0 radical (unpaired) electrons. The number of nitriles is 2. The Balaban J connectivity index is 2.51. The van der Waals surface area contributed by atoms with Crippen molar-refractivity contribution in [3.05, 3.63) is 11.5 Å². The summed E-state index contributed by atoms with van der Waals surface area (Å²) < 4.78 is 0. The number of hydrogen-bond acceptors (Lipinski definition) is 5. The van der Waals surface area contributed by atoms with Crippen LogP contribution in [0.4, 0.5) is 0 Å². The van der Waals surface area contributed by atoms with Crippen molar-refractivity contribution < 1.29 is 5.11 Å². The van der Waals surface area contributed by atoms with E-state index in [1.54, 1.807) is 0 Å². The van der Waals surface area contributed by atoms with Crippen LogP contribution >= 0.6 is 12.2 Å². The third kappa shape index (κ3) is 1.74. The monoisotopic (exact) mass is 262 g/mol. The number of hydrogen-bond donors (Lipinski definition) is 2. The molecule has 1 spiro atoms. The first-order valence-electron chi connectivity index (χ1n) is 5.78. The number of aliphatic hydroxyl groups excluding tert-OH is 1. The Hall–Kier alpha value is -1.63. The highest BCUT2D eigenvalue weighted by Crippen LogP contribution is 2.47. The van der Waals surface area contributed by atoms with Crippen LogP contribution in [0.3, 0.4) is 0 Å². The lowest BCUT2D eigenvalue weighted by Crippen LogP contribution is -2.52. The summed E-state index contributed by atoms with van der Waals surface area (Å²) in [4.78, 5) is 2.47. The Kier molecular flexibility index (Phi) is 3.25. The molecule has 0 aliphatic carbocycles. The van der Waals surface area contributed by atoms with Gasteiger partial charge in [-0.05, 0) is 33.0 Å². The fourth-order valence-electron chi connectivity index (χ4n) is 2.79. The molecule has 1 atom stereocenters. The van der Waals surface area contributed by atoms with Gasteiger partial charge in [0.15, 0.2) is 0 Å². The predicted molar refractivity (Wildman–Crippen MR) is 69.3 cm³/mol. The lowest BCUT2D eigenvalue weighted by Gasteiger charge is -2.45. The fraction of sp³-hybridized carbons (Fsp3) is 0.583. The molecule has 0 bridgehead atoms. The van der Waals surface area contributed by atoms with Crippen LogP contribution in [0, 0.1) is 34.0 Å². The topological polar surface area (TPSA) is 83.1 Å². The van der Waals surface area contributed by atoms with E-state index in [1.165, 1.54) is 0 Å². The van der Waals surface area contributed by atoms with Crippen LogP contribution < -0.4 is 5.32 Å². The van der Waals surface area contributed by atoms with Gasteiger partial charge in [0, 0.05) is 5.41 Å². The van der Waals surface area contributed by atoms with Crippen molar-refractivity contribution in [2.24, 2.45) is 11.3 Å². The van der Waals surface area contributed by atoms with Crippen LogP contribution in [0.25, 0.3) is 0 Å². The molecule has 0 amide bonds. The van der Waals surface area contributed by atoms with Gasteiger partial charge in [-0.25, -0.2) is 0 Å². The quantitative estimate of drug-likeness (QED) is 0.635. The van der Waals surface area contributed by atoms with E-state index in [1.807, 2.05) is 7.05 Å². The number of aliphatic hydroxyl groups is 1. The summed E-state index contributed by atoms with van der Waals surface area (Å²) in [6, 6.07) is 4.25. The molecule has 2 aliphatic rings. The molecule has 0 aromatic heterocycles. The Labute approximate surface area is 111 Å². The number of likely N-dealkylation sites (tertiary alicyclic amines) is 1. The summed E-state index contributed by atoms with van der Waals surface area (Å²) in [5.41, 5.74) is -0.349. The molecule has 0 aromatic rings. The first-order chi connectivity index (χ1) is 8.55. The second kappa shape index (κ2) is 4.56. The number of allylic oxidation sites excluding steroid dienone is 1. The maximum atomic E-state index is 9.87. The molecule has 1 fully saturated rings. The van der Waals surface area contributed by atoms with E-state index in [0.717, 1.165) is 13.1 Å². The number of nitrogens with zero attached hydrogens (tertiary/aromatic N) is 3. The van der Waals surface area contributed by atoms with Crippen LogP contribution in [0.15, 0.2) is 11.5 Å². The second-order valence-electron chi connectivity index (χ2n) is 4.85. The highest BCUT2D eigenvalue weighted by molar-refractivity contribution is 7.80. The number of thiocarbonyl (C=S) groups is 1. The van der Waals surface area contributed by atoms with Gasteiger partial charge in [0.05, 0.1) is 11.6 Å². The second-order valence-corrected chi connectivity index (χ2v) is 5.29. The average molecular weight is 262 g/mol. The first kappa shape index (κ1) is 12.8. The van der Waals surface area contributed by atoms with E-state index in [9.17, 15) is 15.6 Å². The number of nitrogens with one attached hydrogen (secondary N) is 1. The van der Waals surface area contributed by atoms with E-state index in [4.69, 9.17) is 12.2 Å². The fourth-order valence-corrected chi connectivity index (χ4v) is 3.16. The van der Waals surface area contributed by atoms with Gasteiger partial charge in [0.2, 0.25) is 5.88 Å². The highest BCUT2D eigenvalue weighted by Gasteiger charge is 2.50. The maximum absolute atomic E-state index is 9.87. The van der Waals surface area contributed by atoms with Crippen LogP contribution in [0.5, 0.6) is 0 Å². The molecule has 18 heavy (non-hydrogen) atoms. The molecule has 0 aromatic carbocycles. The molecular formula is C12H14N4OS. The van der Waals surface area contributed by atoms with E-state index in [-0.39, 0.29) is 11.5 Å². The van der Waals surface area contributed by atoms with Crippen LogP contribution in [0.2, 0.25) is 0 Å². The maximum Gasteiger partial charge on any atom is 0.203 e. The normalized spacial score (nSPS) is 27.5. The highest BCUT2D eigenvalue weighted by atomic mass is 32.1. The molecule has 6 heteroatoms.